The fourth-order valence-electron chi connectivity index (χ4n) is 3.20. The van der Waals surface area contributed by atoms with Crippen molar-refractivity contribution < 1.29 is 9.53 Å². The molecule has 0 aliphatic heterocycles. The predicted molar refractivity (Wildman–Crippen MR) is 118 cm³/mol. The van der Waals surface area contributed by atoms with Crippen LogP contribution >= 0.6 is 11.6 Å². The lowest BCUT2D eigenvalue weighted by molar-refractivity contribution is 0.0946. The standard InChI is InChI=1S/C23H20ClN5O2/c1-2-31-20-10-6-3-7-17(20)15-26-23(30)21-22(16-11-13-25-14-12-16)29(28-27-21)19-9-5-4-8-18(19)24/h3-14H,2,15H2,1H3,(H,26,30). The third kappa shape index (κ3) is 4.41. The summed E-state index contributed by atoms with van der Waals surface area (Å²) in [4.78, 5) is 17.2. The van der Waals surface area contributed by atoms with E-state index in [2.05, 4.69) is 20.6 Å². The summed E-state index contributed by atoms with van der Waals surface area (Å²) in [6, 6.07) is 18.5. The summed E-state index contributed by atoms with van der Waals surface area (Å²) in [6.45, 7) is 2.76. The van der Waals surface area contributed by atoms with Crippen LogP contribution in [0.25, 0.3) is 16.9 Å². The van der Waals surface area contributed by atoms with Crippen LogP contribution in [0.4, 0.5) is 0 Å². The fourth-order valence-corrected chi connectivity index (χ4v) is 3.42. The highest BCUT2D eigenvalue weighted by molar-refractivity contribution is 6.32. The molecule has 0 atom stereocenters. The van der Waals surface area contributed by atoms with E-state index in [9.17, 15) is 4.79 Å². The first-order valence-corrected chi connectivity index (χ1v) is 10.2. The molecule has 0 radical (unpaired) electrons. The van der Waals surface area contributed by atoms with Crippen LogP contribution in [0.2, 0.25) is 5.02 Å². The maximum atomic E-state index is 13.1. The van der Waals surface area contributed by atoms with E-state index >= 15 is 0 Å². The molecule has 2 aromatic heterocycles. The smallest absolute Gasteiger partial charge is 0.274 e. The Kier molecular flexibility index (Phi) is 6.24. The Bertz CT molecular complexity index is 1190. The molecule has 2 aromatic carbocycles. The Morgan fingerprint density at radius 3 is 2.58 bits per heavy atom. The molecule has 4 aromatic rings. The molecule has 0 saturated carbocycles. The van der Waals surface area contributed by atoms with Gasteiger partial charge in [-0.25, -0.2) is 4.68 Å². The number of para-hydroxylation sites is 2. The number of pyridine rings is 1. The average Bonchev–Trinajstić information content (AvgIpc) is 3.24. The molecule has 1 amide bonds. The molecule has 8 heteroatoms. The van der Waals surface area contributed by atoms with Crippen molar-refractivity contribution in [1.29, 1.82) is 0 Å². The Balaban J connectivity index is 1.69. The Labute approximate surface area is 184 Å². The zero-order chi connectivity index (χ0) is 21.6. The normalized spacial score (nSPS) is 10.6. The third-order valence-electron chi connectivity index (χ3n) is 4.63. The highest BCUT2D eigenvalue weighted by Crippen LogP contribution is 2.28. The quantitative estimate of drug-likeness (QED) is 0.469. The average molecular weight is 434 g/mol. The van der Waals surface area contributed by atoms with E-state index in [-0.39, 0.29) is 11.6 Å². The highest BCUT2D eigenvalue weighted by Gasteiger charge is 2.23. The summed E-state index contributed by atoms with van der Waals surface area (Å²) < 4.78 is 7.21. The monoisotopic (exact) mass is 433 g/mol. The molecule has 0 unspecified atom stereocenters. The lowest BCUT2D eigenvalue weighted by Gasteiger charge is -2.12. The topological polar surface area (TPSA) is 81.9 Å². The van der Waals surface area contributed by atoms with Gasteiger partial charge in [0.15, 0.2) is 5.69 Å². The lowest BCUT2D eigenvalue weighted by Crippen LogP contribution is -2.24. The fraction of sp³-hybridized carbons (Fsp3) is 0.130. The van der Waals surface area contributed by atoms with E-state index in [4.69, 9.17) is 16.3 Å². The van der Waals surface area contributed by atoms with Crippen LogP contribution in [0.1, 0.15) is 23.0 Å². The summed E-state index contributed by atoms with van der Waals surface area (Å²) in [5.74, 6) is 0.385. The van der Waals surface area contributed by atoms with Crippen molar-refractivity contribution >= 4 is 17.5 Å². The predicted octanol–water partition coefficient (Wildman–Crippen LogP) is 4.31. The number of halogens is 1. The van der Waals surface area contributed by atoms with Crippen molar-refractivity contribution in [3.63, 3.8) is 0 Å². The summed E-state index contributed by atoms with van der Waals surface area (Å²) >= 11 is 6.38. The largest absolute Gasteiger partial charge is 0.494 e. The second-order valence-corrected chi connectivity index (χ2v) is 7.02. The molecule has 2 heterocycles. The molecule has 7 nitrogen and oxygen atoms in total. The lowest BCUT2D eigenvalue weighted by atomic mass is 10.1. The van der Waals surface area contributed by atoms with Crippen molar-refractivity contribution in [2.75, 3.05) is 6.61 Å². The number of nitrogens with one attached hydrogen (secondary N) is 1. The number of amides is 1. The Hall–Kier alpha value is -3.71. The van der Waals surface area contributed by atoms with Gasteiger partial charge in [-0.05, 0) is 37.3 Å². The van der Waals surface area contributed by atoms with Gasteiger partial charge in [0.1, 0.15) is 11.4 Å². The molecule has 0 fully saturated rings. The van der Waals surface area contributed by atoms with Gasteiger partial charge >= 0.3 is 0 Å². The van der Waals surface area contributed by atoms with Crippen molar-refractivity contribution in [3.05, 3.63) is 89.3 Å². The van der Waals surface area contributed by atoms with Gasteiger partial charge in [0.25, 0.3) is 5.91 Å². The Morgan fingerprint density at radius 2 is 1.81 bits per heavy atom. The van der Waals surface area contributed by atoms with E-state index in [1.165, 1.54) is 0 Å². The van der Waals surface area contributed by atoms with Gasteiger partial charge in [0, 0.05) is 30.1 Å². The molecule has 0 saturated heterocycles. The third-order valence-corrected chi connectivity index (χ3v) is 4.95. The minimum atomic E-state index is -0.351. The molecular formula is C23H20ClN5O2. The summed E-state index contributed by atoms with van der Waals surface area (Å²) in [5.41, 5.74) is 2.98. The maximum absolute atomic E-state index is 13.1. The van der Waals surface area contributed by atoms with Crippen LogP contribution in [0.5, 0.6) is 5.75 Å². The number of rotatable bonds is 7. The second-order valence-electron chi connectivity index (χ2n) is 6.61. The van der Waals surface area contributed by atoms with Crippen molar-refractivity contribution in [2.45, 2.75) is 13.5 Å². The molecule has 0 aliphatic carbocycles. The van der Waals surface area contributed by atoms with Crippen molar-refractivity contribution in [3.8, 4) is 22.7 Å². The molecule has 156 valence electrons. The van der Waals surface area contributed by atoms with Gasteiger partial charge < -0.3 is 10.1 Å². The zero-order valence-electron chi connectivity index (χ0n) is 16.8. The van der Waals surface area contributed by atoms with Crippen LogP contribution in [0.15, 0.2) is 73.1 Å². The van der Waals surface area contributed by atoms with E-state index in [1.807, 2.05) is 49.4 Å². The first kappa shape index (κ1) is 20.6. The van der Waals surface area contributed by atoms with Crippen LogP contribution in [0, 0.1) is 0 Å². The summed E-state index contributed by atoms with van der Waals surface area (Å²) in [7, 11) is 0. The first-order chi connectivity index (χ1) is 15.2. The maximum Gasteiger partial charge on any atom is 0.274 e. The number of nitrogens with zero attached hydrogens (tertiary/aromatic N) is 4. The molecular weight excluding hydrogens is 414 g/mol. The van der Waals surface area contributed by atoms with Crippen LogP contribution in [-0.2, 0) is 6.54 Å². The summed E-state index contributed by atoms with van der Waals surface area (Å²) in [5, 5.41) is 11.8. The number of benzene rings is 2. The van der Waals surface area contributed by atoms with Gasteiger partial charge in [-0.1, -0.05) is 47.1 Å². The number of aromatic nitrogens is 4. The summed E-state index contributed by atoms with van der Waals surface area (Å²) in [6.07, 6.45) is 3.30. The van der Waals surface area contributed by atoms with E-state index < -0.39 is 0 Å². The number of carbonyl (C=O) groups is 1. The van der Waals surface area contributed by atoms with E-state index in [0.717, 1.165) is 16.9 Å². The molecule has 1 N–H and O–H groups in total. The van der Waals surface area contributed by atoms with E-state index in [0.29, 0.717) is 29.6 Å². The SMILES string of the molecule is CCOc1ccccc1CNC(=O)c1nnn(-c2ccccc2Cl)c1-c1ccncc1. The van der Waals surface area contributed by atoms with Gasteiger partial charge in [0.2, 0.25) is 0 Å². The number of hydrogen-bond acceptors (Lipinski definition) is 5. The molecule has 0 spiro atoms. The van der Waals surface area contributed by atoms with Crippen LogP contribution in [-0.4, -0.2) is 32.5 Å². The number of ether oxygens (including phenoxy) is 1. The zero-order valence-corrected chi connectivity index (χ0v) is 17.6. The Morgan fingerprint density at radius 1 is 1.06 bits per heavy atom. The minimum Gasteiger partial charge on any atom is -0.494 e. The molecule has 0 bridgehead atoms. The van der Waals surface area contributed by atoms with Crippen molar-refractivity contribution in [2.24, 2.45) is 0 Å². The first-order valence-electron chi connectivity index (χ1n) is 9.79. The molecule has 0 aliphatic rings. The van der Waals surface area contributed by atoms with Gasteiger partial charge in [0.05, 0.1) is 17.3 Å². The minimum absolute atomic E-state index is 0.194. The van der Waals surface area contributed by atoms with Crippen LogP contribution in [0.3, 0.4) is 0 Å². The molecule has 31 heavy (non-hydrogen) atoms. The van der Waals surface area contributed by atoms with Gasteiger partial charge in [-0.3, -0.25) is 9.78 Å². The number of carbonyl (C=O) groups excluding carboxylic acids is 1. The van der Waals surface area contributed by atoms with Gasteiger partial charge in [-0.15, -0.1) is 5.10 Å². The highest BCUT2D eigenvalue weighted by atomic mass is 35.5. The van der Waals surface area contributed by atoms with Crippen molar-refractivity contribution in [1.82, 2.24) is 25.3 Å². The number of hydrogen-bond donors (Lipinski definition) is 1. The van der Waals surface area contributed by atoms with Gasteiger partial charge in [-0.2, -0.15) is 0 Å². The van der Waals surface area contributed by atoms with Crippen LogP contribution < -0.4 is 10.1 Å². The van der Waals surface area contributed by atoms with E-state index in [1.54, 1.807) is 35.3 Å². The second kappa shape index (κ2) is 9.40. The molecule has 4 rings (SSSR count).